The normalized spacial score (nSPS) is 25.5. The summed E-state index contributed by atoms with van der Waals surface area (Å²) in [5, 5.41) is 2.38. The minimum absolute atomic E-state index is 0.130. The molecule has 0 aromatic heterocycles. The van der Waals surface area contributed by atoms with Gasteiger partial charge in [-0.25, -0.2) is 8.78 Å². The molecule has 1 aliphatic rings. The predicted octanol–water partition coefficient (Wildman–Crippen LogP) is 0.920. The molecule has 2 nitrogen and oxygen atoms in total. The summed E-state index contributed by atoms with van der Waals surface area (Å²) in [5.74, 6) is -2.78. The van der Waals surface area contributed by atoms with Gasteiger partial charge in [0.15, 0.2) is 0 Å². The zero-order valence-corrected chi connectivity index (χ0v) is 5.66. The highest BCUT2D eigenvalue weighted by atomic mass is 19.3. The number of carbonyl (C=O) groups is 1. The molecule has 0 spiro atoms. The van der Waals surface area contributed by atoms with Crippen molar-refractivity contribution in [3.8, 4) is 0 Å². The lowest BCUT2D eigenvalue weighted by Crippen LogP contribution is -2.50. The SMILES string of the molecule is CC(F)(F)C[C@H]1CC(=O)N1. The Morgan fingerprint density at radius 3 is 2.60 bits per heavy atom. The van der Waals surface area contributed by atoms with Gasteiger partial charge in [0.1, 0.15) is 0 Å². The number of rotatable bonds is 2. The van der Waals surface area contributed by atoms with Crippen LogP contribution in [0.3, 0.4) is 0 Å². The van der Waals surface area contributed by atoms with E-state index in [1.165, 1.54) is 0 Å². The number of nitrogens with one attached hydrogen (secondary N) is 1. The molecular formula is C6H9F2NO. The summed E-state index contributed by atoms with van der Waals surface area (Å²) in [6, 6.07) is -0.299. The molecule has 0 unspecified atom stereocenters. The standard InChI is InChI=1S/C6H9F2NO/c1-6(7,8)3-4-2-5(10)9-4/h4H,2-3H2,1H3,(H,9,10)/t4-/m1/s1. The summed E-state index contributed by atoms with van der Waals surface area (Å²) in [6.45, 7) is 0.859. The van der Waals surface area contributed by atoms with Crippen LogP contribution in [0.25, 0.3) is 0 Å². The van der Waals surface area contributed by atoms with Gasteiger partial charge in [-0.3, -0.25) is 4.79 Å². The molecule has 0 radical (unpaired) electrons. The maximum Gasteiger partial charge on any atom is 0.247 e. The van der Waals surface area contributed by atoms with Crippen molar-refractivity contribution in [2.75, 3.05) is 0 Å². The van der Waals surface area contributed by atoms with Crippen LogP contribution in [0.15, 0.2) is 0 Å². The Bertz CT molecular complexity index is 144. The van der Waals surface area contributed by atoms with Crippen molar-refractivity contribution in [2.24, 2.45) is 0 Å². The Labute approximate surface area is 57.6 Å². The molecule has 10 heavy (non-hydrogen) atoms. The number of hydrogen-bond donors (Lipinski definition) is 1. The molecule has 0 aromatic carbocycles. The van der Waals surface area contributed by atoms with E-state index in [0.717, 1.165) is 6.92 Å². The number of carbonyl (C=O) groups excluding carboxylic acids is 1. The average molecular weight is 149 g/mol. The first-order valence-electron chi connectivity index (χ1n) is 3.14. The molecule has 0 bridgehead atoms. The molecule has 58 valence electrons. The van der Waals surface area contributed by atoms with Crippen LogP contribution in [0.2, 0.25) is 0 Å². The Hall–Kier alpha value is -0.670. The van der Waals surface area contributed by atoms with Crippen LogP contribution in [0.1, 0.15) is 19.8 Å². The van der Waals surface area contributed by atoms with Crippen LogP contribution in [-0.4, -0.2) is 17.9 Å². The minimum Gasteiger partial charge on any atom is -0.353 e. The highest BCUT2D eigenvalue weighted by Crippen LogP contribution is 2.23. The van der Waals surface area contributed by atoms with Gasteiger partial charge in [0.05, 0.1) is 0 Å². The summed E-state index contributed by atoms with van der Waals surface area (Å²) in [7, 11) is 0. The van der Waals surface area contributed by atoms with E-state index in [2.05, 4.69) is 5.32 Å². The average Bonchev–Trinajstić information content (AvgIpc) is 1.57. The Kier molecular flexibility index (Phi) is 1.62. The summed E-state index contributed by atoms with van der Waals surface area (Å²) in [4.78, 5) is 10.2. The largest absolute Gasteiger partial charge is 0.353 e. The summed E-state index contributed by atoms with van der Waals surface area (Å²) in [6.07, 6.45) is 0.0160. The number of alkyl halides is 2. The molecule has 0 saturated carbocycles. The van der Waals surface area contributed by atoms with Crippen LogP contribution >= 0.6 is 0 Å². The van der Waals surface area contributed by atoms with Gasteiger partial charge in [-0.15, -0.1) is 0 Å². The second-order valence-corrected chi connectivity index (χ2v) is 2.74. The number of halogens is 2. The molecule has 1 atom stereocenters. The van der Waals surface area contributed by atoms with Gasteiger partial charge in [-0.2, -0.15) is 0 Å². The van der Waals surface area contributed by atoms with E-state index < -0.39 is 5.92 Å². The van der Waals surface area contributed by atoms with E-state index in [-0.39, 0.29) is 24.8 Å². The van der Waals surface area contributed by atoms with Crippen LogP contribution in [0.4, 0.5) is 8.78 Å². The van der Waals surface area contributed by atoms with Crippen molar-refractivity contribution < 1.29 is 13.6 Å². The van der Waals surface area contributed by atoms with Crippen LogP contribution in [0, 0.1) is 0 Å². The van der Waals surface area contributed by atoms with Crippen molar-refractivity contribution in [3.63, 3.8) is 0 Å². The lowest BCUT2D eigenvalue weighted by molar-refractivity contribution is -0.130. The molecule has 1 rings (SSSR count). The molecule has 1 N–H and O–H groups in total. The van der Waals surface area contributed by atoms with E-state index in [1.54, 1.807) is 0 Å². The molecule has 1 fully saturated rings. The van der Waals surface area contributed by atoms with Crippen molar-refractivity contribution in [2.45, 2.75) is 31.7 Å². The van der Waals surface area contributed by atoms with Crippen LogP contribution in [0.5, 0.6) is 0 Å². The topological polar surface area (TPSA) is 29.1 Å². The third-order valence-electron chi connectivity index (χ3n) is 1.40. The lowest BCUT2D eigenvalue weighted by Gasteiger charge is -2.28. The fraction of sp³-hybridized carbons (Fsp3) is 0.833. The van der Waals surface area contributed by atoms with E-state index in [9.17, 15) is 13.6 Å². The molecule has 0 aliphatic carbocycles. The fourth-order valence-electron chi connectivity index (χ4n) is 0.986. The molecule has 4 heteroatoms. The fourth-order valence-corrected chi connectivity index (χ4v) is 0.986. The van der Waals surface area contributed by atoms with Crippen molar-refractivity contribution >= 4 is 5.91 Å². The maximum absolute atomic E-state index is 12.2. The van der Waals surface area contributed by atoms with Crippen molar-refractivity contribution in [3.05, 3.63) is 0 Å². The minimum atomic E-state index is -2.65. The van der Waals surface area contributed by atoms with Gasteiger partial charge < -0.3 is 5.32 Å². The van der Waals surface area contributed by atoms with Crippen LogP contribution in [-0.2, 0) is 4.79 Å². The predicted molar refractivity (Wildman–Crippen MR) is 31.8 cm³/mol. The zero-order valence-electron chi connectivity index (χ0n) is 5.66. The summed E-state index contributed by atoms with van der Waals surface area (Å²) < 4.78 is 24.3. The molecular weight excluding hydrogens is 140 g/mol. The third-order valence-corrected chi connectivity index (χ3v) is 1.40. The maximum atomic E-state index is 12.2. The van der Waals surface area contributed by atoms with Crippen molar-refractivity contribution in [1.29, 1.82) is 0 Å². The Morgan fingerprint density at radius 1 is 1.80 bits per heavy atom. The van der Waals surface area contributed by atoms with Gasteiger partial charge in [-0.1, -0.05) is 0 Å². The van der Waals surface area contributed by atoms with E-state index in [0.29, 0.717) is 0 Å². The first-order valence-corrected chi connectivity index (χ1v) is 3.14. The van der Waals surface area contributed by atoms with Crippen LogP contribution < -0.4 is 5.32 Å². The first kappa shape index (κ1) is 7.44. The highest BCUT2D eigenvalue weighted by molar-refractivity contribution is 5.82. The van der Waals surface area contributed by atoms with Gasteiger partial charge in [0.25, 0.3) is 0 Å². The zero-order chi connectivity index (χ0) is 7.78. The molecule has 0 aromatic rings. The van der Waals surface area contributed by atoms with E-state index in [4.69, 9.17) is 0 Å². The number of β-lactam (4-membered cyclic amide) rings is 1. The van der Waals surface area contributed by atoms with E-state index >= 15 is 0 Å². The van der Waals surface area contributed by atoms with Gasteiger partial charge in [0, 0.05) is 18.9 Å². The highest BCUT2D eigenvalue weighted by Gasteiger charge is 2.33. The lowest BCUT2D eigenvalue weighted by atomic mass is 10.00. The summed E-state index contributed by atoms with van der Waals surface area (Å²) in [5.41, 5.74) is 0. The van der Waals surface area contributed by atoms with Gasteiger partial charge in [0.2, 0.25) is 11.8 Å². The molecule has 1 heterocycles. The molecule has 1 aliphatic heterocycles. The third kappa shape index (κ3) is 1.93. The Morgan fingerprint density at radius 2 is 2.30 bits per heavy atom. The Balaban J connectivity index is 2.22. The second-order valence-electron chi connectivity index (χ2n) is 2.74. The number of hydrogen-bond acceptors (Lipinski definition) is 1. The molecule has 1 saturated heterocycles. The first-order chi connectivity index (χ1) is 4.47. The molecule has 1 amide bonds. The smallest absolute Gasteiger partial charge is 0.247 e. The second kappa shape index (κ2) is 2.18. The quantitative estimate of drug-likeness (QED) is 0.581. The van der Waals surface area contributed by atoms with Gasteiger partial charge in [-0.05, 0) is 6.92 Å². The summed E-state index contributed by atoms with van der Waals surface area (Å²) >= 11 is 0. The van der Waals surface area contributed by atoms with Crippen molar-refractivity contribution in [1.82, 2.24) is 5.32 Å². The van der Waals surface area contributed by atoms with Gasteiger partial charge >= 0.3 is 0 Å². The monoisotopic (exact) mass is 149 g/mol. The number of amides is 1. The van der Waals surface area contributed by atoms with E-state index in [1.807, 2.05) is 0 Å².